The van der Waals surface area contributed by atoms with Crippen LogP contribution in [0.1, 0.15) is 5.56 Å². The number of hydrogen-bond acceptors (Lipinski definition) is 6. The Morgan fingerprint density at radius 3 is 2.41 bits per heavy atom. The lowest BCUT2D eigenvalue weighted by molar-refractivity contribution is 0.170. The van der Waals surface area contributed by atoms with Crippen LogP contribution in [0.4, 0.5) is 5.69 Å². The van der Waals surface area contributed by atoms with Crippen molar-refractivity contribution in [1.29, 1.82) is 0 Å². The maximum absolute atomic E-state index is 13.0. The fraction of sp³-hybridized carbons (Fsp3) is 0.368. The molecule has 2 heterocycles. The first-order valence-corrected chi connectivity index (χ1v) is 10.4. The van der Waals surface area contributed by atoms with E-state index in [1.54, 1.807) is 18.2 Å². The molecule has 8 heteroatoms. The molecule has 0 saturated carbocycles. The summed E-state index contributed by atoms with van der Waals surface area (Å²) in [4.78, 5) is 2.49. The fourth-order valence-corrected chi connectivity index (χ4v) is 4.85. The number of nitrogen functional groups attached to an aromatic ring is 1. The van der Waals surface area contributed by atoms with Crippen LogP contribution >= 0.6 is 0 Å². The molecule has 2 aliphatic heterocycles. The van der Waals surface area contributed by atoms with E-state index >= 15 is 0 Å². The average Bonchev–Trinajstić information content (AvgIpc) is 2.68. The molecule has 0 radical (unpaired) electrons. The monoisotopic (exact) mass is 389 g/mol. The van der Waals surface area contributed by atoms with Gasteiger partial charge in [0.1, 0.15) is 13.2 Å². The summed E-state index contributed by atoms with van der Waals surface area (Å²) in [5, 5.41) is 0. The van der Waals surface area contributed by atoms with E-state index in [4.69, 9.17) is 15.2 Å². The van der Waals surface area contributed by atoms with Crippen LogP contribution in [0.25, 0.3) is 0 Å². The average molecular weight is 389 g/mol. The van der Waals surface area contributed by atoms with Gasteiger partial charge in [0.05, 0.1) is 4.90 Å². The second kappa shape index (κ2) is 7.38. The molecular weight excluding hydrogens is 366 g/mol. The Kier molecular flexibility index (Phi) is 4.94. The third-order valence-corrected chi connectivity index (χ3v) is 6.73. The second-order valence-corrected chi connectivity index (χ2v) is 8.67. The van der Waals surface area contributed by atoms with Crippen molar-refractivity contribution in [2.45, 2.75) is 11.4 Å². The molecule has 0 spiro atoms. The summed E-state index contributed by atoms with van der Waals surface area (Å²) in [5.41, 5.74) is 7.71. The Balaban J connectivity index is 1.42. The van der Waals surface area contributed by atoms with Crippen LogP contribution in [-0.2, 0) is 16.6 Å². The molecule has 1 fully saturated rings. The number of benzene rings is 2. The van der Waals surface area contributed by atoms with Gasteiger partial charge in [0.15, 0.2) is 11.5 Å². The Hall–Kier alpha value is -2.29. The lowest BCUT2D eigenvalue weighted by Crippen LogP contribution is -2.48. The predicted molar refractivity (Wildman–Crippen MR) is 102 cm³/mol. The van der Waals surface area contributed by atoms with Gasteiger partial charge in [-0.3, -0.25) is 4.90 Å². The molecule has 0 bridgehead atoms. The van der Waals surface area contributed by atoms with E-state index in [9.17, 15) is 8.42 Å². The van der Waals surface area contributed by atoms with Gasteiger partial charge in [-0.15, -0.1) is 0 Å². The first-order valence-electron chi connectivity index (χ1n) is 8.99. The number of fused-ring (bicyclic) bond motifs is 1. The van der Waals surface area contributed by atoms with Crippen LogP contribution in [0.15, 0.2) is 47.4 Å². The Morgan fingerprint density at radius 2 is 1.67 bits per heavy atom. The molecule has 27 heavy (non-hydrogen) atoms. The van der Waals surface area contributed by atoms with E-state index in [0.717, 1.165) is 17.8 Å². The van der Waals surface area contributed by atoms with E-state index in [0.29, 0.717) is 50.9 Å². The van der Waals surface area contributed by atoms with E-state index in [1.807, 2.05) is 24.3 Å². The van der Waals surface area contributed by atoms with E-state index in [2.05, 4.69) is 4.90 Å². The van der Waals surface area contributed by atoms with E-state index in [1.165, 1.54) is 4.31 Å². The van der Waals surface area contributed by atoms with E-state index in [-0.39, 0.29) is 4.90 Å². The Bertz CT molecular complexity index is 924. The van der Waals surface area contributed by atoms with Crippen molar-refractivity contribution in [1.82, 2.24) is 9.21 Å². The van der Waals surface area contributed by atoms with Gasteiger partial charge in [-0.1, -0.05) is 12.1 Å². The summed E-state index contributed by atoms with van der Waals surface area (Å²) in [7, 11) is -3.55. The van der Waals surface area contributed by atoms with Crippen molar-refractivity contribution >= 4 is 15.7 Å². The quantitative estimate of drug-likeness (QED) is 0.799. The smallest absolute Gasteiger partial charge is 0.243 e. The second-order valence-electron chi connectivity index (χ2n) is 6.73. The molecule has 144 valence electrons. The van der Waals surface area contributed by atoms with Crippen LogP contribution < -0.4 is 15.2 Å². The Morgan fingerprint density at radius 1 is 0.926 bits per heavy atom. The molecule has 2 aliphatic rings. The molecular formula is C19H23N3O4S. The summed E-state index contributed by atoms with van der Waals surface area (Å²) in [6.45, 7) is 3.95. The third kappa shape index (κ3) is 3.87. The Labute approximate surface area is 159 Å². The van der Waals surface area contributed by atoms with Gasteiger partial charge < -0.3 is 15.2 Å². The highest BCUT2D eigenvalue weighted by molar-refractivity contribution is 7.89. The summed E-state index contributed by atoms with van der Waals surface area (Å²) in [6.07, 6.45) is 0. The molecule has 2 aromatic rings. The minimum absolute atomic E-state index is 0.246. The van der Waals surface area contributed by atoms with Gasteiger partial charge in [-0.25, -0.2) is 8.42 Å². The molecule has 2 N–H and O–H groups in total. The molecule has 0 aliphatic carbocycles. The van der Waals surface area contributed by atoms with Crippen molar-refractivity contribution in [3.63, 3.8) is 0 Å². The first-order chi connectivity index (χ1) is 13.0. The van der Waals surface area contributed by atoms with Crippen molar-refractivity contribution in [3.05, 3.63) is 48.0 Å². The molecule has 0 unspecified atom stereocenters. The lowest BCUT2D eigenvalue weighted by Gasteiger charge is -2.34. The number of rotatable bonds is 4. The molecule has 0 amide bonds. The number of sulfonamides is 1. The highest BCUT2D eigenvalue weighted by Crippen LogP contribution is 2.33. The van der Waals surface area contributed by atoms with Crippen molar-refractivity contribution < 1.29 is 17.9 Å². The van der Waals surface area contributed by atoms with Gasteiger partial charge in [-0.2, -0.15) is 4.31 Å². The predicted octanol–water partition coefficient (Wildman–Crippen LogP) is 1.55. The summed E-state index contributed by atoms with van der Waals surface area (Å²) in [5.74, 6) is 1.08. The zero-order chi connectivity index (χ0) is 18.9. The van der Waals surface area contributed by atoms with Crippen molar-refractivity contribution in [2.75, 3.05) is 45.1 Å². The minimum Gasteiger partial charge on any atom is -0.486 e. The topological polar surface area (TPSA) is 85.1 Å². The van der Waals surface area contributed by atoms with Gasteiger partial charge in [0, 0.05) is 44.5 Å². The highest BCUT2D eigenvalue weighted by atomic mass is 32.2. The van der Waals surface area contributed by atoms with Crippen molar-refractivity contribution in [2.24, 2.45) is 0 Å². The van der Waals surface area contributed by atoms with Crippen LogP contribution in [-0.4, -0.2) is 57.0 Å². The fourth-order valence-electron chi connectivity index (χ4n) is 3.41. The maximum Gasteiger partial charge on any atom is 0.243 e. The molecule has 7 nitrogen and oxygen atoms in total. The van der Waals surface area contributed by atoms with Crippen molar-refractivity contribution in [3.8, 4) is 11.5 Å². The number of hydrogen-bond donors (Lipinski definition) is 1. The minimum atomic E-state index is -3.55. The van der Waals surface area contributed by atoms with Gasteiger partial charge in [0.2, 0.25) is 10.0 Å². The van der Waals surface area contributed by atoms with Crippen LogP contribution in [0.3, 0.4) is 0 Å². The standard InChI is InChI=1S/C19H23N3O4S/c20-16-3-1-2-15(12-16)14-21-6-8-22(9-7-21)27(23,24)17-4-5-18-19(13-17)26-11-10-25-18/h1-5,12-13H,6-11,14,20H2. The SMILES string of the molecule is Nc1cccc(CN2CCN(S(=O)(=O)c3ccc4c(c3)OCCO4)CC2)c1. The highest BCUT2D eigenvalue weighted by Gasteiger charge is 2.29. The molecule has 0 atom stereocenters. The summed E-state index contributed by atoms with van der Waals surface area (Å²) < 4.78 is 38.5. The zero-order valence-corrected chi connectivity index (χ0v) is 15.8. The first kappa shape index (κ1) is 18.1. The van der Waals surface area contributed by atoms with E-state index < -0.39 is 10.0 Å². The number of nitrogens with two attached hydrogens (primary N) is 1. The molecule has 0 aromatic heterocycles. The van der Waals surface area contributed by atoms with Crippen LogP contribution in [0, 0.1) is 0 Å². The number of nitrogens with zero attached hydrogens (tertiary/aromatic N) is 2. The normalized spacial score (nSPS) is 18.4. The number of piperazine rings is 1. The molecule has 1 saturated heterocycles. The van der Waals surface area contributed by atoms with Gasteiger partial charge >= 0.3 is 0 Å². The largest absolute Gasteiger partial charge is 0.486 e. The number of ether oxygens (including phenoxy) is 2. The summed E-state index contributed by atoms with van der Waals surface area (Å²) >= 11 is 0. The van der Waals surface area contributed by atoms with Crippen LogP contribution in [0.5, 0.6) is 11.5 Å². The zero-order valence-electron chi connectivity index (χ0n) is 15.0. The maximum atomic E-state index is 13.0. The lowest BCUT2D eigenvalue weighted by atomic mass is 10.2. The summed E-state index contributed by atoms with van der Waals surface area (Å²) in [6, 6.07) is 12.6. The van der Waals surface area contributed by atoms with Gasteiger partial charge in [-0.05, 0) is 29.8 Å². The molecule has 4 rings (SSSR count). The molecule has 2 aromatic carbocycles. The number of anilines is 1. The third-order valence-electron chi connectivity index (χ3n) is 4.84. The van der Waals surface area contributed by atoms with Crippen LogP contribution in [0.2, 0.25) is 0 Å². The van der Waals surface area contributed by atoms with Gasteiger partial charge in [0.25, 0.3) is 0 Å².